The minimum atomic E-state index is -0.594. The van der Waals surface area contributed by atoms with Crippen LogP contribution in [0.4, 0.5) is 11.4 Å². The van der Waals surface area contributed by atoms with E-state index in [1.807, 2.05) is 68.4 Å². The van der Waals surface area contributed by atoms with Crippen LogP contribution in [0.1, 0.15) is 19.4 Å². The van der Waals surface area contributed by atoms with E-state index in [1.54, 1.807) is 4.90 Å². The van der Waals surface area contributed by atoms with Crippen molar-refractivity contribution in [3.63, 3.8) is 0 Å². The molecule has 1 aliphatic heterocycles. The zero-order valence-electron chi connectivity index (χ0n) is 12.7. The fourth-order valence-corrected chi connectivity index (χ4v) is 2.82. The lowest BCUT2D eigenvalue weighted by Crippen LogP contribution is -2.40. The predicted octanol–water partition coefficient (Wildman–Crippen LogP) is 2.95. The van der Waals surface area contributed by atoms with Crippen molar-refractivity contribution in [2.45, 2.75) is 19.3 Å². The molecule has 0 atom stereocenters. The van der Waals surface area contributed by atoms with Gasteiger partial charge in [0.1, 0.15) is 6.54 Å². The molecule has 0 radical (unpaired) electrons. The molecule has 2 aromatic rings. The molecule has 1 N–H and O–H groups in total. The predicted molar refractivity (Wildman–Crippen MR) is 86.9 cm³/mol. The van der Waals surface area contributed by atoms with Crippen LogP contribution in [0.2, 0.25) is 0 Å². The van der Waals surface area contributed by atoms with Crippen molar-refractivity contribution in [3.8, 4) is 0 Å². The first-order valence-corrected chi connectivity index (χ1v) is 7.26. The third kappa shape index (κ3) is 2.37. The van der Waals surface area contributed by atoms with Gasteiger partial charge in [-0.3, -0.25) is 9.59 Å². The zero-order valence-corrected chi connectivity index (χ0v) is 12.7. The maximum absolute atomic E-state index is 12.6. The summed E-state index contributed by atoms with van der Waals surface area (Å²) in [5.41, 5.74) is 1.92. The Morgan fingerprint density at radius 2 is 1.68 bits per heavy atom. The normalized spacial score (nSPS) is 15.5. The second-order valence-corrected chi connectivity index (χ2v) is 5.95. The van der Waals surface area contributed by atoms with Crippen LogP contribution < -0.4 is 10.2 Å². The number of rotatable bonds is 3. The summed E-state index contributed by atoms with van der Waals surface area (Å²) < 4.78 is 0. The molecule has 4 heteroatoms. The van der Waals surface area contributed by atoms with E-state index >= 15 is 0 Å². The molecule has 112 valence electrons. The minimum Gasteiger partial charge on any atom is -0.325 e. The van der Waals surface area contributed by atoms with Gasteiger partial charge in [-0.05, 0) is 37.6 Å². The fraction of sp³-hybridized carbons (Fsp3) is 0.222. The number of hydrogen-bond acceptors (Lipinski definition) is 2. The highest BCUT2D eigenvalue weighted by Crippen LogP contribution is 2.40. The van der Waals surface area contributed by atoms with Gasteiger partial charge in [0.05, 0.1) is 5.41 Å². The van der Waals surface area contributed by atoms with Crippen molar-refractivity contribution in [1.29, 1.82) is 0 Å². The van der Waals surface area contributed by atoms with E-state index in [2.05, 4.69) is 5.32 Å². The zero-order chi connectivity index (χ0) is 15.7. The number of para-hydroxylation sites is 2. The summed E-state index contributed by atoms with van der Waals surface area (Å²) in [5, 5.41) is 2.81. The standard InChI is InChI=1S/C18H18N2O2/c1-18(2)14-10-6-7-11-15(14)20(17(18)22)12-16(21)19-13-8-4-3-5-9-13/h3-11H,12H2,1-2H3,(H,19,21). The van der Waals surface area contributed by atoms with Gasteiger partial charge in [-0.1, -0.05) is 36.4 Å². The van der Waals surface area contributed by atoms with Crippen LogP contribution in [0.5, 0.6) is 0 Å². The molecule has 0 aromatic heterocycles. The molecule has 0 fully saturated rings. The lowest BCUT2D eigenvalue weighted by atomic mass is 9.86. The van der Waals surface area contributed by atoms with Gasteiger partial charge in [0.2, 0.25) is 11.8 Å². The molecule has 22 heavy (non-hydrogen) atoms. The molecular weight excluding hydrogens is 276 g/mol. The van der Waals surface area contributed by atoms with E-state index in [0.717, 1.165) is 16.9 Å². The number of carbonyl (C=O) groups excluding carboxylic acids is 2. The van der Waals surface area contributed by atoms with E-state index < -0.39 is 5.41 Å². The van der Waals surface area contributed by atoms with Gasteiger partial charge in [-0.15, -0.1) is 0 Å². The van der Waals surface area contributed by atoms with Crippen molar-refractivity contribution in [1.82, 2.24) is 0 Å². The van der Waals surface area contributed by atoms with Gasteiger partial charge in [-0.25, -0.2) is 0 Å². The van der Waals surface area contributed by atoms with E-state index in [9.17, 15) is 9.59 Å². The quantitative estimate of drug-likeness (QED) is 0.946. The van der Waals surface area contributed by atoms with E-state index in [1.165, 1.54) is 0 Å². The Balaban J connectivity index is 1.81. The van der Waals surface area contributed by atoms with E-state index in [0.29, 0.717) is 0 Å². The Morgan fingerprint density at radius 1 is 1.05 bits per heavy atom. The molecule has 4 nitrogen and oxygen atoms in total. The Morgan fingerprint density at radius 3 is 2.41 bits per heavy atom. The second-order valence-electron chi connectivity index (χ2n) is 5.95. The number of fused-ring (bicyclic) bond motifs is 1. The van der Waals surface area contributed by atoms with Gasteiger partial charge in [-0.2, -0.15) is 0 Å². The molecule has 2 amide bonds. The minimum absolute atomic E-state index is 0.0220. The van der Waals surface area contributed by atoms with Crippen molar-refractivity contribution in [3.05, 3.63) is 60.2 Å². The van der Waals surface area contributed by atoms with Crippen LogP contribution in [0, 0.1) is 0 Å². The van der Waals surface area contributed by atoms with Crippen molar-refractivity contribution < 1.29 is 9.59 Å². The Labute approximate surface area is 129 Å². The van der Waals surface area contributed by atoms with Crippen LogP contribution in [-0.2, 0) is 15.0 Å². The number of anilines is 2. The highest BCUT2D eigenvalue weighted by Gasteiger charge is 2.44. The summed E-state index contributed by atoms with van der Waals surface area (Å²) in [6.07, 6.45) is 0. The third-order valence-corrected chi connectivity index (χ3v) is 4.01. The first-order valence-electron chi connectivity index (χ1n) is 7.26. The largest absolute Gasteiger partial charge is 0.325 e. The van der Waals surface area contributed by atoms with Crippen molar-refractivity contribution in [2.75, 3.05) is 16.8 Å². The molecule has 0 bridgehead atoms. The first-order chi connectivity index (χ1) is 10.5. The van der Waals surface area contributed by atoms with Gasteiger partial charge in [0.15, 0.2) is 0 Å². The lowest BCUT2D eigenvalue weighted by molar-refractivity contribution is -0.124. The molecule has 1 heterocycles. The monoisotopic (exact) mass is 294 g/mol. The topological polar surface area (TPSA) is 49.4 Å². The number of carbonyl (C=O) groups is 2. The molecule has 0 saturated heterocycles. The van der Waals surface area contributed by atoms with Crippen LogP contribution in [-0.4, -0.2) is 18.4 Å². The molecule has 0 aliphatic carbocycles. The molecule has 0 saturated carbocycles. The highest BCUT2D eigenvalue weighted by atomic mass is 16.2. The van der Waals surface area contributed by atoms with Crippen LogP contribution in [0.15, 0.2) is 54.6 Å². The average Bonchev–Trinajstić information content (AvgIpc) is 2.70. The Bertz CT molecular complexity index is 723. The summed E-state index contributed by atoms with van der Waals surface area (Å²) in [7, 11) is 0. The summed E-state index contributed by atoms with van der Waals surface area (Å²) in [6, 6.07) is 16.9. The molecule has 3 rings (SSSR count). The number of nitrogens with one attached hydrogen (secondary N) is 1. The number of nitrogens with zero attached hydrogens (tertiary/aromatic N) is 1. The second kappa shape index (κ2) is 5.30. The van der Waals surface area contributed by atoms with E-state index in [4.69, 9.17) is 0 Å². The lowest BCUT2D eigenvalue weighted by Gasteiger charge is -2.20. The first kappa shape index (κ1) is 14.3. The fourth-order valence-electron chi connectivity index (χ4n) is 2.82. The summed E-state index contributed by atoms with van der Waals surface area (Å²) in [6.45, 7) is 3.81. The SMILES string of the molecule is CC1(C)C(=O)N(CC(=O)Nc2ccccc2)c2ccccc21. The summed E-state index contributed by atoms with van der Waals surface area (Å²) >= 11 is 0. The average molecular weight is 294 g/mol. The van der Waals surface area contributed by atoms with Gasteiger partial charge in [0, 0.05) is 11.4 Å². The Kier molecular flexibility index (Phi) is 3.45. The van der Waals surface area contributed by atoms with E-state index in [-0.39, 0.29) is 18.4 Å². The molecule has 2 aromatic carbocycles. The molecular formula is C18H18N2O2. The third-order valence-electron chi connectivity index (χ3n) is 4.01. The smallest absolute Gasteiger partial charge is 0.244 e. The Hall–Kier alpha value is -2.62. The van der Waals surface area contributed by atoms with Gasteiger partial charge >= 0.3 is 0 Å². The summed E-state index contributed by atoms with van der Waals surface area (Å²) in [4.78, 5) is 26.4. The van der Waals surface area contributed by atoms with Gasteiger partial charge in [0.25, 0.3) is 0 Å². The highest BCUT2D eigenvalue weighted by molar-refractivity contribution is 6.11. The molecule has 0 unspecified atom stereocenters. The van der Waals surface area contributed by atoms with Crippen molar-refractivity contribution >= 4 is 23.2 Å². The summed E-state index contributed by atoms with van der Waals surface area (Å²) in [5.74, 6) is -0.246. The van der Waals surface area contributed by atoms with Crippen LogP contribution in [0.25, 0.3) is 0 Å². The van der Waals surface area contributed by atoms with Crippen LogP contribution in [0.3, 0.4) is 0 Å². The number of hydrogen-bond donors (Lipinski definition) is 1. The maximum atomic E-state index is 12.6. The number of benzene rings is 2. The van der Waals surface area contributed by atoms with Crippen LogP contribution >= 0.6 is 0 Å². The number of amides is 2. The maximum Gasteiger partial charge on any atom is 0.244 e. The molecule has 1 aliphatic rings. The molecule has 0 spiro atoms. The van der Waals surface area contributed by atoms with Gasteiger partial charge < -0.3 is 10.2 Å². The van der Waals surface area contributed by atoms with Crippen molar-refractivity contribution in [2.24, 2.45) is 0 Å².